The van der Waals surface area contributed by atoms with E-state index < -0.39 is 18.6 Å². The first-order valence-corrected chi connectivity index (χ1v) is 5.97. The molecule has 0 saturated carbocycles. The first-order chi connectivity index (χ1) is 9.94. The minimum absolute atomic E-state index is 0.123. The number of hydrogen-bond donors (Lipinski definition) is 1. The zero-order valence-corrected chi connectivity index (χ0v) is 10.7. The lowest BCUT2D eigenvalue weighted by Crippen LogP contribution is -2.33. The average molecular weight is 296 g/mol. The number of halogens is 3. The normalized spacial score (nSPS) is 11.0. The van der Waals surface area contributed by atoms with Gasteiger partial charge in [0.05, 0.1) is 6.20 Å². The Hall–Kier alpha value is -2.57. The van der Waals surface area contributed by atoms with Gasteiger partial charge >= 0.3 is 6.18 Å². The predicted octanol–water partition coefficient (Wildman–Crippen LogP) is 3.17. The number of rotatable bonds is 4. The third-order valence-electron chi connectivity index (χ3n) is 2.44. The number of benzene rings is 1. The molecule has 21 heavy (non-hydrogen) atoms. The summed E-state index contributed by atoms with van der Waals surface area (Å²) >= 11 is 0. The van der Waals surface area contributed by atoms with E-state index in [0.717, 1.165) is 0 Å². The van der Waals surface area contributed by atoms with Crippen LogP contribution < -0.4 is 10.1 Å². The number of nitrogens with zero attached hydrogens (tertiary/aromatic N) is 1. The van der Waals surface area contributed by atoms with Gasteiger partial charge in [-0.15, -0.1) is 0 Å². The number of nitrogens with one attached hydrogen (secondary N) is 1. The molecule has 2 aromatic rings. The van der Waals surface area contributed by atoms with Gasteiger partial charge in [0.2, 0.25) is 0 Å². The number of pyridine rings is 1. The van der Waals surface area contributed by atoms with Gasteiger partial charge in [0.15, 0.2) is 0 Å². The smallest absolute Gasteiger partial charge is 0.405 e. The van der Waals surface area contributed by atoms with Crippen molar-refractivity contribution in [3.63, 3.8) is 0 Å². The van der Waals surface area contributed by atoms with Crippen LogP contribution in [0.15, 0.2) is 48.8 Å². The van der Waals surface area contributed by atoms with Gasteiger partial charge in [-0.1, -0.05) is 0 Å². The molecule has 1 N–H and O–H groups in total. The molecule has 1 heterocycles. The number of carbonyl (C=O) groups excluding carboxylic acids is 1. The van der Waals surface area contributed by atoms with Gasteiger partial charge in [-0.2, -0.15) is 13.2 Å². The maximum absolute atomic E-state index is 12.0. The second-order valence-corrected chi connectivity index (χ2v) is 4.11. The van der Waals surface area contributed by atoms with E-state index in [1.54, 1.807) is 23.6 Å². The van der Waals surface area contributed by atoms with E-state index in [1.165, 1.54) is 30.5 Å². The summed E-state index contributed by atoms with van der Waals surface area (Å²) in [5, 5.41) is 1.79. The first kappa shape index (κ1) is 14.8. The fourth-order valence-electron chi connectivity index (χ4n) is 1.50. The highest BCUT2D eigenvalue weighted by molar-refractivity contribution is 5.94. The summed E-state index contributed by atoms with van der Waals surface area (Å²) in [5.41, 5.74) is 0.123. The van der Waals surface area contributed by atoms with E-state index in [9.17, 15) is 18.0 Å². The molecule has 0 unspecified atom stereocenters. The highest BCUT2D eigenvalue weighted by Gasteiger charge is 2.27. The standard InChI is InChI=1S/C14H11F3N2O2/c15-14(16,17)9-19-13(20)10-3-5-11(6-4-10)21-12-2-1-7-18-8-12/h1-8H,9H2,(H,19,20). The van der Waals surface area contributed by atoms with E-state index in [4.69, 9.17) is 4.74 Å². The quantitative estimate of drug-likeness (QED) is 0.943. The van der Waals surface area contributed by atoms with Crippen LogP contribution >= 0.6 is 0 Å². The largest absolute Gasteiger partial charge is 0.456 e. The zero-order chi connectivity index (χ0) is 15.3. The van der Waals surface area contributed by atoms with E-state index >= 15 is 0 Å². The molecule has 1 amide bonds. The first-order valence-electron chi connectivity index (χ1n) is 5.97. The minimum atomic E-state index is -4.43. The Morgan fingerprint density at radius 1 is 1.14 bits per heavy atom. The summed E-state index contributed by atoms with van der Waals surface area (Å²) in [6.07, 6.45) is -1.32. The Balaban J connectivity index is 1.97. The molecule has 1 aromatic heterocycles. The van der Waals surface area contributed by atoms with E-state index in [2.05, 4.69) is 4.98 Å². The van der Waals surface area contributed by atoms with Gasteiger partial charge in [-0.05, 0) is 36.4 Å². The predicted molar refractivity (Wildman–Crippen MR) is 69.1 cm³/mol. The summed E-state index contributed by atoms with van der Waals surface area (Å²) in [4.78, 5) is 15.4. The molecule has 0 aliphatic rings. The summed E-state index contributed by atoms with van der Waals surface area (Å²) in [6.45, 7) is -1.36. The molecule has 0 aliphatic heterocycles. The molecule has 1 aromatic carbocycles. The van der Waals surface area contributed by atoms with Gasteiger partial charge < -0.3 is 10.1 Å². The molecule has 0 saturated heterocycles. The van der Waals surface area contributed by atoms with Crippen LogP contribution in [-0.2, 0) is 0 Å². The van der Waals surface area contributed by atoms with Crippen molar-refractivity contribution in [3.8, 4) is 11.5 Å². The maximum Gasteiger partial charge on any atom is 0.405 e. The fourth-order valence-corrected chi connectivity index (χ4v) is 1.50. The Bertz CT molecular complexity index is 598. The van der Waals surface area contributed by atoms with Crippen molar-refractivity contribution in [2.45, 2.75) is 6.18 Å². The van der Waals surface area contributed by atoms with Crippen LogP contribution in [0.4, 0.5) is 13.2 Å². The molecule has 0 fully saturated rings. The fraction of sp³-hybridized carbons (Fsp3) is 0.143. The monoisotopic (exact) mass is 296 g/mol. The molecule has 0 aliphatic carbocycles. The highest BCUT2D eigenvalue weighted by atomic mass is 19.4. The van der Waals surface area contributed by atoms with Crippen LogP contribution in [0.2, 0.25) is 0 Å². The molecule has 0 spiro atoms. The molecule has 0 radical (unpaired) electrons. The van der Waals surface area contributed by atoms with Crippen LogP contribution in [0, 0.1) is 0 Å². The Morgan fingerprint density at radius 2 is 1.86 bits per heavy atom. The highest BCUT2D eigenvalue weighted by Crippen LogP contribution is 2.20. The van der Waals surface area contributed by atoms with E-state index in [1.807, 2.05) is 0 Å². The third kappa shape index (κ3) is 4.79. The van der Waals surface area contributed by atoms with Gasteiger partial charge in [0.25, 0.3) is 5.91 Å². The van der Waals surface area contributed by atoms with Crippen molar-refractivity contribution in [3.05, 3.63) is 54.4 Å². The molecular formula is C14H11F3N2O2. The Kier molecular flexibility index (Phi) is 4.42. The van der Waals surface area contributed by atoms with Crippen molar-refractivity contribution in [1.82, 2.24) is 10.3 Å². The Morgan fingerprint density at radius 3 is 2.43 bits per heavy atom. The lowest BCUT2D eigenvalue weighted by atomic mass is 10.2. The van der Waals surface area contributed by atoms with Gasteiger partial charge in [-0.3, -0.25) is 9.78 Å². The van der Waals surface area contributed by atoms with Crippen LogP contribution in [-0.4, -0.2) is 23.6 Å². The summed E-state index contributed by atoms with van der Waals surface area (Å²) < 4.78 is 41.4. The molecule has 4 nitrogen and oxygen atoms in total. The van der Waals surface area contributed by atoms with Crippen molar-refractivity contribution in [1.29, 1.82) is 0 Å². The number of amides is 1. The maximum atomic E-state index is 12.0. The average Bonchev–Trinajstić information content (AvgIpc) is 2.46. The van der Waals surface area contributed by atoms with Crippen LogP contribution in [0.3, 0.4) is 0 Å². The van der Waals surface area contributed by atoms with Crippen molar-refractivity contribution >= 4 is 5.91 Å². The van der Waals surface area contributed by atoms with E-state index in [-0.39, 0.29) is 5.56 Å². The topological polar surface area (TPSA) is 51.2 Å². The molecule has 7 heteroatoms. The van der Waals surface area contributed by atoms with Crippen molar-refractivity contribution in [2.24, 2.45) is 0 Å². The third-order valence-corrected chi connectivity index (χ3v) is 2.44. The van der Waals surface area contributed by atoms with Crippen LogP contribution in [0.5, 0.6) is 11.5 Å². The van der Waals surface area contributed by atoms with Gasteiger partial charge in [-0.25, -0.2) is 0 Å². The number of hydrogen-bond acceptors (Lipinski definition) is 3. The van der Waals surface area contributed by atoms with Crippen molar-refractivity contribution in [2.75, 3.05) is 6.54 Å². The molecule has 110 valence electrons. The van der Waals surface area contributed by atoms with Crippen molar-refractivity contribution < 1.29 is 22.7 Å². The van der Waals surface area contributed by atoms with Crippen LogP contribution in [0.25, 0.3) is 0 Å². The lowest BCUT2D eigenvalue weighted by molar-refractivity contribution is -0.123. The molecule has 2 rings (SSSR count). The summed E-state index contributed by atoms with van der Waals surface area (Å²) in [7, 11) is 0. The minimum Gasteiger partial charge on any atom is -0.456 e. The van der Waals surface area contributed by atoms with Gasteiger partial charge in [0.1, 0.15) is 18.0 Å². The number of ether oxygens (including phenoxy) is 1. The molecule has 0 bridgehead atoms. The number of alkyl halides is 3. The Labute approximate surface area is 118 Å². The second kappa shape index (κ2) is 6.25. The summed E-state index contributed by atoms with van der Waals surface area (Å²) in [6, 6.07) is 9.17. The number of carbonyl (C=O) groups is 1. The second-order valence-electron chi connectivity index (χ2n) is 4.11. The SMILES string of the molecule is O=C(NCC(F)(F)F)c1ccc(Oc2cccnc2)cc1. The number of aromatic nitrogens is 1. The molecule has 0 atom stereocenters. The lowest BCUT2D eigenvalue weighted by Gasteiger charge is -2.09. The van der Waals surface area contributed by atoms with Crippen LogP contribution in [0.1, 0.15) is 10.4 Å². The summed E-state index contributed by atoms with van der Waals surface area (Å²) in [5.74, 6) is 0.183. The zero-order valence-electron chi connectivity index (χ0n) is 10.7. The van der Waals surface area contributed by atoms with E-state index in [0.29, 0.717) is 11.5 Å². The van der Waals surface area contributed by atoms with Gasteiger partial charge in [0, 0.05) is 11.8 Å². The molecular weight excluding hydrogens is 285 g/mol.